The Balaban J connectivity index is 1.17. The fraction of sp³-hybridized carbons (Fsp3) is 0.560. The van der Waals surface area contributed by atoms with Crippen LogP contribution in [-0.4, -0.2) is 53.2 Å². The summed E-state index contributed by atoms with van der Waals surface area (Å²) in [6.45, 7) is 1.85. The van der Waals surface area contributed by atoms with Gasteiger partial charge in [0.15, 0.2) is 0 Å². The molecule has 2 fully saturated rings. The number of aliphatic carboxylic acids is 1. The Morgan fingerprint density at radius 1 is 1.18 bits per heavy atom. The third kappa shape index (κ3) is 4.70. The number of nitrogens with zero attached hydrogens (tertiary/aromatic N) is 3. The highest BCUT2D eigenvalue weighted by atomic mass is 19.4. The summed E-state index contributed by atoms with van der Waals surface area (Å²) in [4.78, 5) is 22.4. The van der Waals surface area contributed by atoms with Gasteiger partial charge in [0.1, 0.15) is 11.7 Å². The van der Waals surface area contributed by atoms with Crippen LogP contribution in [-0.2, 0) is 4.79 Å². The minimum atomic E-state index is -4.36. The normalized spacial score (nSPS) is 26.6. The third-order valence-electron chi connectivity index (χ3n) is 7.91. The molecule has 2 aliphatic carbocycles. The number of carboxylic acid groups (broad SMARTS) is 1. The molecule has 1 aromatic heterocycles. The quantitative estimate of drug-likeness (QED) is 0.673. The zero-order valence-corrected chi connectivity index (χ0v) is 18.9. The number of amidine groups is 1. The van der Waals surface area contributed by atoms with Crippen LogP contribution in [0.15, 0.2) is 47.1 Å². The van der Waals surface area contributed by atoms with Crippen molar-refractivity contribution in [1.29, 1.82) is 0 Å². The molecule has 34 heavy (non-hydrogen) atoms. The van der Waals surface area contributed by atoms with Gasteiger partial charge in [0, 0.05) is 31.3 Å². The molecule has 5 rings (SSSR count). The second-order valence-electron chi connectivity index (χ2n) is 10.1. The van der Waals surface area contributed by atoms with E-state index in [1.807, 2.05) is 12.1 Å². The highest BCUT2D eigenvalue weighted by molar-refractivity contribution is 6.00. The molecule has 6 nitrogen and oxygen atoms in total. The van der Waals surface area contributed by atoms with E-state index in [1.54, 1.807) is 6.20 Å². The van der Waals surface area contributed by atoms with Crippen molar-refractivity contribution in [3.8, 4) is 0 Å². The first-order valence-corrected chi connectivity index (χ1v) is 12.0. The molecule has 182 valence electrons. The zero-order valence-electron chi connectivity index (χ0n) is 18.9. The van der Waals surface area contributed by atoms with Crippen LogP contribution >= 0.6 is 0 Å². The van der Waals surface area contributed by atoms with Crippen molar-refractivity contribution in [2.75, 3.05) is 18.0 Å². The lowest BCUT2D eigenvalue weighted by atomic mass is 9.65. The Kier molecular flexibility index (Phi) is 5.90. The number of nitrogens with one attached hydrogen (secondary N) is 1. The SMILES string of the molecule is O=C(O)CC1CCC2(CC1)CCN(c1ccc(C3=NC4C=CC(C(F)(F)F)=CC4N3)cn1)CC2. The molecule has 1 spiro atoms. The van der Waals surface area contributed by atoms with Crippen LogP contribution in [0.2, 0.25) is 0 Å². The van der Waals surface area contributed by atoms with Crippen LogP contribution in [0.4, 0.5) is 19.0 Å². The highest BCUT2D eigenvalue weighted by Crippen LogP contribution is 2.47. The minimum Gasteiger partial charge on any atom is -0.481 e. The van der Waals surface area contributed by atoms with Crippen LogP contribution in [0, 0.1) is 11.3 Å². The van der Waals surface area contributed by atoms with Crippen molar-refractivity contribution in [3.63, 3.8) is 0 Å². The largest absolute Gasteiger partial charge is 0.481 e. The van der Waals surface area contributed by atoms with Crippen LogP contribution < -0.4 is 10.2 Å². The minimum absolute atomic E-state index is 0.288. The number of rotatable bonds is 4. The van der Waals surface area contributed by atoms with Gasteiger partial charge in [-0.25, -0.2) is 4.98 Å². The van der Waals surface area contributed by atoms with Crippen molar-refractivity contribution in [2.45, 2.75) is 63.2 Å². The number of allylic oxidation sites excluding steroid dienone is 2. The summed E-state index contributed by atoms with van der Waals surface area (Å²) >= 11 is 0. The van der Waals surface area contributed by atoms with Gasteiger partial charge >= 0.3 is 12.1 Å². The molecule has 2 aliphatic heterocycles. The molecule has 0 amide bonds. The van der Waals surface area contributed by atoms with Gasteiger partial charge in [0.05, 0.1) is 17.7 Å². The average molecular weight is 475 g/mol. The zero-order chi connectivity index (χ0) is 23.9. The van der Waals surface area contributed by atoms with Crippen molar-refractivity contribution >= 4 is 17.6 Å². The van der Waals surface area contributed by atoms with E-state index < -0.39 is 23.8 Å². The first-order chi connectivity index (χ1) is 16.2. The number of fused-ring (bicyclic) bond motifs is 1. The van der Waals surface area contributed by atoms with Gasteiger partial charge in [-0.3, -0.25) is 9.79 Å². The maximum Gasteiger partial charge on any atom is 0.416 e. The topological polar surface area (TPSA) is 77.8 Å². The van der Waals surface area contributed by atoms with Crippen LogP contribution in [0.25, 0.3) is 0 Å². The molecule has 2 N–H and O–H groups in total. The van der Waals surface area contributed by atoms with Crippen molar-refractivity contribution in [2.24, 2.45) is 16.3 Å². The summed E-state index contributed by atoms with van der Waals surface area (Å²) in [6.07, 6.45) is 7.86. The summed E-state index contributed by atoms with van der Waals surface area (Å²) in [5, 5.41) is 12.1. The average Bonchev–Trinajstić information content (AvgIpc) is 3.24. The fourth-order valence-corrected chi connectivity index (χ4v) is 5.78. The molecule has 0 aromatic carbocycles. The van der Waals surface area contributed by atoms with Crippen LogP contribution in [0.3, 0.4) is 0 Å². The smallest absolute Gasteiger partial charge is 0.416 e. The van der Waals surface area contributed by atoms with Crippen LogP contribution in [0.1, 0.15) is 50.5 Å². The molecule has 0 bridgehead atoms. The van der Waals surface area contributed by atoms with E-state index in [1.165, 1.54) is 12.2 Å². The van der Waals surface area contributed by atoms with Crippen LogP contribution in [0.5, 0.6) is 0 Å². The molecule has 3 heterocycles. The van der Waals surface area contributed by atoms with Crippen molar-refractivity contribution in [3.05, 3.63) is 47.7 Å². The number of halogens is 3. The molecule has 9 heteroatoms. The number of carboxylic acids is 1. The Bertz CT molecular complexity index is 1010. The summed E-state index contributed by atoms with van der Waals surface area (Å²) < 4.78 is 39.0. The molecule has 1 saturated heterocycles. The molecule has 1 aromatic rings. The number of aliphatic imine (C=N–C) groups is 1. The summed E-state index contributed by atoms with van der Waals surface area (Å²) in [5.74, 6) is 1.08. The maximum atomic E-state index is 13.0. The predicted octanol–water partition coefficient (Wildman–Crippen LogP) is 4.48. The monoisotopic (exact) mass is 474 g/mol. The van der Waals surface area contributed by atoms with E-state index in [2.05, 4.69) is 20.2 Å². The van der Waals surface area contributed by atoms with Gasteiger partial charge in [-0.2, -0.15) is 13.2 Å². The Morgan fingerprint density at radius 2 is 1.91 bits per heavy atom. The predicted molar refractivity (Wildman–Crippen MR) is 123 cm³/mol. The Hall–Kier alpha value is -2.84. The molecule has 1 saturated carbocycles. The van der Waals surface area contributed by atoms with Gasteiger partial charge < -0.3 is 15.3 Å². The fourth-order valence-electron chi connectivity index (χ4n) is 5.78. The van der Waals surface area contributed by atoms with Gasteiger partial charge in [0.2, 0.25) is 0 Å². The van der Waals surface area contributed by atoms with Crippen molar-refractivity contribution in [1.82, 2.24) is 10.3 Å². The van der Waals surface area contributed by atoms with Gasteiger partial charge in [-0.1, -0.05) is 12.2 Å². The Morgan fingerprint density at radius 3 is 2.53 bits per heavy atom. The highest BCUT2D eigenvalue weighted by Gasteiger charge is 2.39. The number of pyridine rings is 1. The van der Waals surface area contributed by atoms with Gasteiger partial charge in [-0.05, 0) is 68.1 Å². The molecule has 4 aliphatic rings. The van der Waals surface area contributed by atoms with E-state index in [0.717, 1.165) is 69.1 Å². The number of hydrogen-bond donors (Lipinski definition) is 2. The number of anilines is 1. The van der Waals surface area contributed by atoms with Gasteiger partial charge in [-0.15, -0.1) is 0 Å². The number of alkyl halides is 3. The molecule has 2 unspecified atom stereocenters. The number of hydrogen-bond acceptors (Lipinski definition) is 5. The first kappa shape index (κ1) is 22.9. The third-order valence-corrected chi connectivity index (χ3v) is 7.91. The lowest BCUT2D eigenvalue weighted by Crippen LogP contribution is -2.42. The number of carbonyl (C=O) groups is 1. The second kappa shape index (κ2) is 8.74. The standard InChI is InChI=1S/C25H29F3N4O2/c26-25(27,28)18-2-3-19-20(14-18)31-23(30-19)17-1-4-21(29-15-17)32-11-9-24(10-12-32)7-5-16(6-8-24)13-22(33)34/h1-4,14-16,19-20H,5-13H2,(H,30,31)(H,33,34). The summed E-state index contributed by atoms with van der Waals surface area (Å²) in [5.41, 5.74) is 0.448. The molecular formula is C25H29F3N4O2. The number of aromatic nitrogens is 1. The van der Waals surface area contributed by atoms with Gasteiger partial charge in [0.25, 0.3) is 0 Å². The van der Waals surface area contributed by atoms with E-state index in [4.69, 9.17) is 5.11 Å². The Labute approximate surface area is 196 Å². The van der Waals surface area contributed by atoms with E-state index >= 15 is 0 Å². The second-order valence-corrected chi connectivity index (χ2v) is 10.1. The van der Waals surface area contributed by atoms with E-state index in [9.17, 15) is 18.0 Å². The first-order valence-electron chi connectivity index (χ1n) is 12.0. The molecular weight excluding hydrogens is 445 g/mol. The molecule has 0 radical (unpaired) electrons. The molecule has 2 atom stereocenters. The summed E-state index contributed by atoms with van der Waals surface area (Å²) in [7, 11) is 0. The number of piperidine rings is 1. The maximum absolute atomic E-state index is 13.0. The summed E-state index contributed by atoms with van der Waals surface area (Å²) in [6, 6.07) is 3.03. The lowest BCUT2D eigenvalue weighted by molar-refractivity contribution is -0.138. The lowest BCUT2D eigenvalue weighted by Gasteiger charge is -2.46. The van der Waals surface area contributed by atoms with Crippen molar-refractivity contribution < 1.29 is 23.1 Å². The van der Waals surface area contributed by atoms with E-state index in [0.29, 0.717) is 17.2 Å². The van der Waals surface area contributed by atoms with E-state index in [-0.39, 0.29) is 12.5 Å².